The third kappa shape index (κ3) is 5.96. The van der Waals surface area contributed by atoms with Crippen molar-refractivity contribution < 1.29 is 23.6 Å². The van der Waals surface area contributed by atoms with E-state index in [1.54, 1.807) is 25.1 Å². The summed E-state index contributed by atoms with van der Waals surface area (Å²) in [7, 11) is 0. The first-order chi connectivity index (χ1) is 17.9. The average Bonchev–Trinajstić information content (AvgIpc) is 3.15. The van der Waals surface area contributed by atoms with Gasteiger partial charge in [-0.1, -0.05) is 60.7 Å². The van der Waals surface area contributed by atoms with E-state index in [4.69, 9.17) is 0 Å². The maximum Gasteiger partial charge on any atom is 0.243 e. The van der Waals surface area contributed by atoms with Crippen molar-refractivity contribution in [2.75, 3.05) is 13.1 Å². The SMILES string of the molecule is CCNC(=O)[C@H](Cc1ccccc1)N(Cc1ccccc1F)C(=O)CCN1C(=O)[C@H]2CC=CC[C@H]2C1=O. The van der Waals surface area contributed by atoms with Gasteiger partial charge in [0.2, 0.25) is 23.6 Å². The third-order valence-corrected chi connectivity index (χ3v) is 7.07. The Morgan fingerprint density at radius 1 is 1.00 bits per heavy atom. The van der Waals surface area contributed by atoms with Gasteiger partial charge in [0.25, 0.3) is 0 Å². The minimum atomic E-state index is -0.897. The summed E-state index contributed by atoms with van der Waals surface area (Å²) in [5.41, 5.74) is 1.13. The van der Waals surface area contributed by atoms with Crippen LogP contribution in [0.3, 0.4) is 0 Å². The lowest BCUT2D eigenvalue weighted by Crippen LogP contribution is -2.51. The Balaban J connectivity index is 1.58. The van der Waals surface area contributed by atoms with Crippen molar-refractivity contribution in [2.45, 2.75) is 45.2 Å². The van der Waals surface area contributed by atoms with Crippen LogP contribution >= 0.6 is 0 Å². The molecule has 1 aliphatic carbocycles. The molecule has 0 radical (unpaired) electrons. The molecule has 4 rings (SSSR count). The predicted molar refractivity (Wildman–Crippen MR) is 136 cm³/mol. The largest absolute Gasteiger partial charge is 0.355 e. The van der Waals surface area contributed by atoms with Crippen molar-refractivity contribution in [2.24, 2.45) is 11.8 Å². The molecule has 37 heavy (non-hydrogen) atoms. The van der Waals surface area contributed by atoms with Crippen molar-refractivity contribution in [1.29, 1.82) is 0 Å². The van der Waals surface area contributed by atoms with E-state index in [1.807, 2.05) is 42.5 Å². The van der Waals surface area contributed by atoms with Crippen molar-refractivity contribution >= 4 is 23.6 Å². The van der Waals surface area contributed by atoms with Crippen LogP contribution in [0.5, 0.6) is 0 Å². The van der Waals surface area contributed by atoms with Crippen LogP contribution in [0.25, 0.3) is 0 Å². The highest BCUT2D eigenvalue weighted by molar-refractivity contribution is 6.05. The molecule has 2 aromatic carbocycles. The van der Waals surface area contributed by atoms with Gasteiger partial charge >= 0.3 is 0 Å². The molecule has 0 bridgehead atoms. The Morgan fingerprint density at radius 3 is 2.24 bits per heavy atom. The van der Waals surface area contributed by atoms with E-state index in [9.17, 15) is 23.6 Å². The van der Waals surface area contributed by atoms with Crippen LogP contribution in [0, 0.1) is 17.7 Å². The first-order valence-corrected chi connectivity index (χ1v) is 12.8. The molecule has 2 aliphatic rings. The second-order valence-corrected chi connectivity index (χ2v) is 9.45. The Kier molecular flexibility index (Phi) is 8.48. The van der Waals surface area contributed by atoms with E-state index in [-0.39, 0.29) is 61.1 Å². The highest BCUT2D eigenvalue weighted by Crippen LogP contribution is 2.35. The summed E-state index contributed by atoms with van der Waals surface area (Å²) in [5, 5.41) is 2.79. The normalized spacial score (nSPS) is 19.5. The molecule has 8 heteroatoms. The fourth-order valence-corrected chi connectivity index (χ4v) is 5.10. The van der Waals surface area contributed by atoms with Crippen molar-refractivity contribution in [1.82, 2.24) is 15.1 Å². The van der Waals surface area contributed by atoms with Crippen molar-refractivity contribution in [3.8, 4) is 0 Å². The van der Waals surface area contributed by atoms with Crippen LogP contribution < -0.4 is 5.32 Å². The lowest BCUT2D eigenvalue weighted by Gasteiger charge is -2.32. The van der Waals surface area contributed by atoms with Crippen LogP contribution in [-0.4, -0.2) is 52.6 Å². The van der Waals surface area contributed by atoms with Crippen molar-refractivity contribution in [3.05, 3.63) is 83.7 Å². The number of fused-ring (bicyclic) bond motifs is 1. The molecule has 4 amide bonds. The number of likely N-dealkylation sites (tertiary alicyclic amines) is 1. The molecule has 0 unspecified atom stereocenters. The van der Waals surface area contributed by atoms with E-state index in [2.05, 4.69) is 5.32 Å². The van der Waals surface area contributed by atoms with Gasteiger partial charge in [-0.3, -0.25) is 24.1 Å². The number of halogens is 1. The number of amides is 4. The molecule has 0 spiro atoms. The van der Waals surface area contributed by atoms with E-state index >= 15 is 0 Å². The highest BCUT2D eigenvalue weighted by atomic mass is 19.1. The number of likely N-dealkylation sites (N-methyl/N-ethyl adjacent to an activating group) is 1. The number of rotatable bonds is 10. The lowest BCUT2D eigenvalue weighted by molar-refractivity contribution is -0.144. The van der Waals surface area contributed by atoms with Gasteiger partial charge in [-0.25, -0.2) is 4.39 Å². The molecule has 1 heterocycles. The Bertz CT molecular complexity index is 1160. The monoisotopic (exact) mass is 505 g/mol. The molecule has 3 atom stereocenters. The number of hydrogen-bond acceptors (Lipinski definition) is 4. The zero-order valence-corrected chi connectivity index (χ0v) is 20.9. The molecule has 7 nitrogen and oxygen atoms in total. The van der Waals surface area contributed by atoms with E-state index in [0.717, 1.165) is 5.56 Å². The molecule has 1 fully saturated rings. The van der Waals surface area contributed by atoms with Gasteiger partial charge in [-0.05, 0) is 31.4 Å². The molecule has 1 aliphatic heterocycles. The van der Waals surface area contributed by atoms with Crippen LogP contribution in [0.4, 0.5) is 4.39 Å². The van der Waals surface area contributed by atoms with Gasteiger partial charge in [0.05, 0.1) is 11.8 Å². The first kappa shape index (κ1) is 26.3. The number of nitrogens with one attached hydrogen (secondary N) is 1. The van der Waals surface area contributed by atoms with Gasteiger partial charge in [-0.15, -0.1) is 0 Å². The third-order valence-electron chi connectivity index (χ3n) is 7.07. The van der Waals surface area contributed by atoms with Gasteiger partial charge in [0.15, 0.2) is 0 Å². The zero-order chi connectivity index (χ0) is 26.4. The quantitative estimate of drug-likeness (QED) is 0.397. The molecule has 0 saturated carbocycles. The minimum absolute atomic E-state index is 0.0648. The summed E-state index contributed by atoms with van der Waals surface area (Å²) in [5.74, 6) is -2.50. The van der Waals surface area contributed by atoms with E-state index in [1.165, 1.54) is 15.9 Å². The number of nitrogens with zero attached hydrogens (tertiary/aromatic N) is 2. The fraction of sp³-hybridized carbons (Fsp3) is 0.379. The molecular formula is C29H32FN3O4. The van der Waals surface area contributed by atoms with Gasteiger partial charge in [0.1, 0.15) is 11.9 Å². The number of hydrogen-bond donors (Lipinski definition) is 1. The zero-order valence-electron chi connectivity index (χ0n) is 20.9. The predicted octanol–water partition coefficient (Wildman–Crippen LogP) is 3.24. The van der Waals surface area contributed by atoms with Crippen LogP contribution in [-0.2, 0) is 32.1 Å². The Morgan fingerprint density at radius 2 is 1.62 bits per heavy atom. The Labute approximate surface area is 216 Å². The number of carbonyl (C=O) groups is 4. The topological polar surface area (TPSA) is 86.8 Å². The lowest BCUT2D eigenvalue weighted by atomic mass is 9.85. The van der Waals surface area contributed by atoms with Crippen LogP contribution in [0.2, 0.25) is 0 Å². The second-order valence-electron chi connectivity index (χ2n) is 9.45. The summed E-state index contributed by atoms with van der Waals surface area (Å²) in [4.78, 5) is 55.1. The number of imide groups is 1. The second kappa shape index (κ2) is 12.0. The summed E-state index contributed by atoms with van der Waals surface area (Å²) < 4.78 is 14.6. The van der Waals surface area contributed by atoms with Gasteiger partial charge in [0, 0.05) is 38.0 Å². The molecule has 1 N–H and O–H groups in total. The molecule has 2 aromatic rings. The number of carbonyl (C=O) groups excluding carboxylic acids is 4. The fourth-order valence-electron chi connectivity index (χ4n) is 5.10. The maximum atomic E-state index is 14.6. The highest BCUT2D eigenvalue weighted by Gasteiger charge is 2.47. The first-order valence-electron chi connectivity index (χ1n) is 12.8. The van der Waals surface area contributed by atoms with Gasteiger partial charge < -0.3 is 10.2 Å². The minimum Gasteiger partial charge on any atom is -0.355 e. The van der Waals surface area contributed by atoms with E-state index in [0.29, 0.717) is 19.4 Å². The molecule has 194 valence electrons. The smallest absolute Gasteiger partial charge is 0.243 e. The number of allylic oxidation sites excluding steroid dienone is 2. The molecular weight excluding hydrogens is 473 g/mol. The summed E-state index contributed by atoms with van der Waals surface area (Å²) in [6, 6.07) is 14.6. The number of benzene rings is 2. The van der Waals surface area contributed by atoms with E-state index < -0.39 is 17.8 Å². The summed E-state index contributed by atoms with van der Waals surface area (Å²) >= 11 is 0. The van der Waals surface area contributed by atoms with Crippen molar-refractivity contribution in [3.63, 3.8) is 0 Å². The van der Waals surface area contributed by atoms with Crippen LogP contribution in [0.1, 0.15) is 37.3 Å². The average molecular weight is 506 g/mol. The van der Waals surface area contributed by atoms with Crippen LogP contribution in [0.15, 0.2) is 66.7 Å². The molecule has 1 saturated heterocycles. The Hall–Kier alpha value is -3.81. The molecule has 0 aromatic heterocycles. The van der Waals surface area contributed by atoms with Gasteiger partial charge in [-0.2, -0.15) is 0 Å². The standard InChI is InChI=1S/C29H32FN3O4/c1-2-31-27(35)25(18-20-10-4-3-5-11-20)33(19-21-12-6-9-15-24(21)30)26(34)16-17-32-28(36)22-13-7-8-14-23(22)29(32)37/h3-12,15,22-23,25H,2,13-14,16-19H2,1H3,(H,31,35)/t22-,23+,25-/m0/s1. The maximum absolute atomic E-state index is 14.6. The summed E-state index contributed by atoms with van der Waals surface area (Å²) in [6.45, 7) is 1.99. The summed E-state index contributed by atoms with van der Waals surface area (Å²) in [6.07, 6.45) is 4.97.